The highest BCUT2D eigenvalue weighted by Crippen LogP contribution is 2.31. The van der Waals surface area contributed by atoms with Crippen LogP contribution in [0, 0.1) is 23.4 Å². The molecule has 35 heavy (non-hydrogen) atoms. The number of carbonyl (C=O) groups excluding carboxylic acids is 1. The number of carbonyl (C=O) groups is 1. The largest absolute Gasteiger partial charge is 0.423 e. The van der Waals surface area contributed by atoms with Gasteiger partial charge in [0.2, 0.25) is 0 Å². The smallest absolute Gasteiger partial charge is 0.295 e. The Balaban J connectivity index is 1.44. The molecule has 0 bridgehead atoms. The van der Waals surface area contributed by atoms with Gasteiger partial charge in [0, 0.05) is 37.6 Å². The molecule has 2 aromatic heterocycles. The molecule has 5 rings (SSSR count). The van der Waals surface area contributed by atoms with E-state index in [9.17, 15) is 18.0 Å². The molecular formula is C25H22F3N5O2. The van der Waals surface area contributed by atoms with E-state index in [1.807, 2.05) is 6.92 Å². The molecule has 7 nitrogen and oxygen atoms in total. The van der Waals surface area contributed by atoms with Crippen molar-refractivity contribution in [2.75, 3.05) is 18.4 Å². The Kier molecular flexibility index (Phi) is 6.10. The maximum Gasteiger partial charge on any atom is 0.295 e. The van der Waals surface area contributed by atoms with E-state index < -0.39 is 23.4 Å². The molecule has 0 radical (unpaired) electrons. The number of benzene rings is 2. The summed E-state index contributed by atoms with van der Waals surface area (Å²) in [6, 6.07) is 7.27. The van der Waals surface area contributed by atoms with Crippen LogP contribution in [0.3, 0.4) is 0 Å². The second kappa shape index (κ2) is 9.36. The van der Waals surface area contributed by atoms with Gasteiger partial charge in [-0.3, -0.25) is 4.79 Å². The zero-order valence-electron chi connectivity index (χ0n) is 18.8. The molecule has 2 unspecified atom stereocenters. The lowest BCUT2D eigenvalue weighted by Crippen LogP contribution is -2.51. The number of nitrogens with zero attached hydrogens (tertiary/aromatic N) is 4. The molecule has 0 aliphatic carbocycles. The Morgan fingerprint density at radius 2 is 1.94 bits per heavy atom. The monoisotopic (exact) mass is 481 g/mol. The molecular weight excluding hydrogens is 459 g/mol. The Labute approximate surface area is 199 Å². The van der Waals surface area contributed by atoms with Crippen LogP contribution >= 0.6 is 0 Å². The minimum atomic E-state index is -0.905. The van der Waals surface area contributed by atoms with Gasteiger partial charge in [-0.25, -0.2) is 23.1 Å². The quantitative estimate of drug-likeness (QED) is 0.429. The summed E-state index contributed by atoms with van der Waals surface area (Å²) in [5.41, 5.74) is 0.536. The number of likely N-dealkylation sites (tertiary alicyclic amines) is 1. The van der Waals surface area contributed by atoms with E-state index in [4.69, 9.17) is 4.42 Å². The number of aromatic nitrogens is 3. The van der Waals surface area contributed by atoms with Gasteiger partial charge >= 0.3 is 0 Å². The Hall–Kier alpha value is -3.95. The van der Waals surface area contributed by atoms with Gasteiger partial charge in [0.1, 0.15) is 23.0 Å². The highest BCUT2D eigenvalue weighted by atomic mass is 19.1. The third-order valence-electron chi connectivity index (χ3n) is 6.26. The fourth-order valence-electron chi connectivity index (χ4n) is 4.53. The van der Waals surface area contributed by atoms with Crippen molar-refractivity contribution >= 4 is 23.0 Å². The minimum absolute atomic E-state index is 0.00629. The van der Waals surface area contributed by atoms with Crippen molar-refractivity contribution < 1.29 is 22.4 Å². The van der Waals surface area contributed by atoms with E-state index in [1.54, 1.807) is 11.0 Å². The van der Waals surface area contributed by atoms with Crippen LogP contribution in [0.25, 0.3) is 22.5 Å². The average Bonchev–Trinajstić information content (AvgIpc) is 3.24. The highest BCUT2D eigenvalue weighted by Gasteiger charge is 2.34. The van der Waals surface area contributed by atoms with Crippen LogP contribution in [0.15, 0.2) is 53.2 Å². The fraction of sp³-hybridized carbons (Fsp3) is 0.280. The summed E-state index contributed by atoms with van der Waals surface area (Å²) < 4.78 is 48.1. The van der Waals surface area contributed by atoms with Gasteiger partial charge in [-0.2, -0.15) is 4.98 Å². The van der Waals surface area contributed by atoms with E-state index in [1.165, 1.54) is 30.6 Å². The Bertz CT molecular complexity index is 1380. The molecule has 2 aromatic carbocycles. The molecule has 180 valence electrons. The van der Waals surface area contributed by atoms with E-state index in [2.05, 4.69) is 20.3 Å². The first kappa shape index (κ1) is 22.8. The number of nitrogens with one attached hydrogen (secondary N) is 1. The normalized spacial score (nSPS) is 18.1. The SMILES string of the molecule is CC1CCCN(C(=O)c2cc(F)cc(F)c2-c2ncccn2)C1CNc1nc2ccc(F)cc2o1. The number of rotatable bonds is 5. The maximum atomic E-state index is 14.8. The molecule has 2 atom stereocenters. The molecule has 10 heteroatoms. The zero-order chi connectivity index (χ0) is 24.5. The maximum absolute atomic E-state index is 14.8. The van der Waals surface area contributed by atoms with E-state index in [0.29, 0.717) is 17.6 Å². The fourth-order valence-corrected chi connectivity index (χ4v) is 4.53. The summed E-state index contributed by atoms with van der Waals surface area (Å²) in [7, 11) is 0. The second-order valence-electron chi connectivity index (χ2n) is 8.58. The predicted octanol–water partition coefficient (Wildman–Crippen LogP) is 5.05. The Morgan fingerprint density at radius 3 is 2.74 bits per heavy atom. The number of fused-ring (bicyclic) bond motifs is 1. The standard InChI is InChI=1S/C25H22F3N5O2/c1-14-4-2-9-33(20(14)13-31-25-32-19-6-5-15(26)12-21(19)35-25)24(34)17-10-16(27)11-18(28)22(17)23-29-7-3-8-30-23/h3,5-8,10-12,14,20H,2,4,9,13H2,1H3,(H,31,32). The summed E-state index contributed by atoms with van der Waals surface area (Å²) in [5.74, 6) is -2.60. The molecule has 3 heterocycles. The van der Waals surface area contributed by atoms with E-state index in [0.717, 1.165) is 25.0 Å². The summed E-state index contributed by atoms with van der Waals surface area (Å²) in [6.45, 7) is 2.72. The van der Waals surface area contributed by atoms with Gasteiger partial charge < -0.3 is 14.6 Å². The van der Waals surface area contributed by atoms with Crippen LogP contribution in [-0.2, 0) is 0 Å². The van der Waals surface area contributed by atoms with Gasteiger partial charge in [0.25, 0.3) is 11.9 Å². The number of halogens is 3. The molecule has 1 aliphatic heterocycles. The van der Waals surface area contributed by atoms with Crippen LogP contribution in [0.1, 0.15) is 30.1 Å². The van der Waals surface area contributed by atoms with Gasteiger partial charge in [-0.1, -0.05) is 6.92 Å². The van der Waals surface area contributed by atoms with Crippen molar-refractivity contribution in [2.45, 2.75) is 25.8 Å². The van der Waals surface area contributed by atoms with Gasteiger partial charge in [-0.15, -0.1) is 0 Å². The summed E-state index contributed by atoms with van der Waals surface area (Å²) in [6.07, 6.45) is 4.49. The number of hydrogen-bond acceptors (Lipinski definition) is 6. The minimum Gasteiger partial charge on any atom is -0.423 e. The topological polar surface area (TPSA) is 84.2 Å². The lowest BCUT2D eigenvalue weighted by molar-refractivity contribution is 0.0539. The number of anilines is 1. The third kappa shape index (κ3) is 4.55. The van der Waals surface area contributed by atoms with E-state index in [-0.39, 0.29) is 41.5 Å². The van der Waals surface area contributed by atoms with Gasteiger partial charge in [0.05, 0.1) is 17.2 Å². The highest BCUT2D eigenvalue weighted by molar-refractivity contribution is 6.00. The predicted molar refractivity (Wildman–Crippen MR) is 123 cm³/mol. The van der Waals surface area contributed by atoms with Crippen molar-refractivity contribution in [2.24, 2.45) is 5.92 Å². The molecule has 0 spiro atoms. The average molecular weight is 481 g/mol. The number of amides is 1. The van der Waals surface area contributed by atoms with Crippen molar-refractivity contribution in [1.29, 1.82) is 0 Å². The van der Waals surface area contributed by atoms with Crippen LogP contribution in [0.4, 0.5) is 19.2 Å². The Morgan fingerprint density at radius 1 is 1.14 bits per heavy atom. The van der Waals surface area contributed by atoms with Crippen LogP contribution in [-0.4, -0.2) is 44.9 Å². The molecule has 1 saturated heterocycles. The van der Waals surface area contributed by atoms with Crippen molar-refractivity contribution in [1.82, 2.24) is 19.9 Å². The third-order valence-corrected chi connectivity index (χ3v) is 6.26. The lowest BCUT2D eigenvalue weighted by atomic mass is 9.89. The first-order chi connectivity index (χ1) is 16.9. The lowest BCUT2D eigenvalue weighted by Gasteiger charge is -2.40. The van der Waals surface area contributed by atoms with Crippen molar-refractivity contribution in [3.8, 4) is 11.4 Å². The van der Waals surface area contributed by atoms with Crippen molar-refractivity contribution in [3.63, 3.8) is 0 Å². The molecule has 1 amide bonds. The summed E-state index contributed by atoms with van der Waals surface area (Å²) >= 11 is 0. The van der Waals surface area contributed by atoms with Crippen molar-refractivity contribution in [3.05, 3.63) is 71.8 Å². The second-order valence-corrected chi connectivity index (χ2v) is 8.58. The number of piperidine rings is 1. The molecule has 4 aromatic rings. The van der Waals surface area contributed by atoms with Gasteiger partial charge in [-0.05, 0) is 43.0 Å². The first-order valence-electron chi connectivity index (χ1n) is 11.3. The molecule has 1 aliphatic rings. The zero-order valence-corrected chi connectivity index (χ0v) is 18.8. The number of oxazole rings is 1. The first-order valence-corrected chi connectivity index (χ1v) is 11.3. The molecule has 1 fully saturated rings. The summed E-state index contributed by atoms with van der Waals surface area (Å²) in [5, 5.41) is 3.09. The molecule has 0 saturated carbocycles. The number of hydrogen-bond donors (Lipinski definition) is 1. The van der Waals surface area contributed by atoms with Crippen LogP contribution in [0.5, 0.6) is 0 Å². The van der Waals surface area contributed by atoms with E-state index >= 15 is 0 Å². The van der Waals surface area contributed by atoms with Crippen LogP contribution in [0.2, 0.25) is 0 Å². The summed E-state index contributed by atoms with van der Waals surface area (Å²) in [4.78, 5) is 27.7. The van der Waals surface area contributed by atoms with Gasteiger partial charge in [0.15, 0.2) is 11.4 Å². The molecule has 1 N–H and O–H groups in total. The van der Waals surface area contributed by atoms with Crippen LogP contribution < -0.4 is 5.32 Å².